The molecule has 4 rings (SSSR count). The highest BCUT2D eigenvalue weighted by Gasteiger charge is 2.18. The second-order valence-electron chi connectivity index (χ2n) is 5.61. The number of hydrogen-bond acceptors (Lipinski definition) is 4. The lowest BCUT2D eigenvalue weighted by Crippen LogP contribution is -2.00. The molecule has 0 aliphatic rings. The Hall–Kier alpha value is -3.22. The van der Waals surface area contributed by atoms with Gasteiger partial charge in [0.25, 0.3) is 0 Å². The molecule has 0 radical (unpaired) electrons. The van der Waals surface area contributed by atoms with Crippen molar-refractivity contribution in [3.8, 4) is 22.6 Å². The lowest BCUT2D eigenvalue weighted by atomic mass is 10.1. The molecule has 0 saturated heterocycles. The molecule has 0 unspecified atom stereocenters. The fourth-order valence-electron chi connectivity index (χ4n) is 2.74. The van der Waals surface area contributed by atoms with Gasteiger partial charge >= 0.3 is 0 Å². The Morgan fingerprint density at radius 3 is 2.54 bits per heavy atom. The van der Waals surface area contributed by atoms with Crippen molar-refractivity contribution in [1.29, 1.82) is 0 Å². The molecule has 0 saturated carbocycles. The first-order valence-corrected chi connectivity index (χ1v) is 7.44. The van der Waals surface area contributed by atoms with Crippen molar-refractivity contribution >= 4 is 11.5 Å². The fraction of sp³-hybridized carbons (Fsp3) is 0.118. The van der Waals surface area contributed by atoms with Gasteiger partial charge < -0.3 is 10.3 Å². The number of nitrogen functional groups attached to an aromatic ring is 1. The third-order valence-electron chi connectivity index (χ3n) is 4.02. The summed E-state index contributed by atoms with van der Waals surface area (Å²) in [5.41, 5.74) is 9.59. The van der Waals surface area contributed by atoms with Crippen LogP contribution in [0.5, 0.6) is 0 Å². The van der Waals surface area contributed by atoms with E-state index in [1.54, 1.807) is 22.8 Å². The van der Waals surface area contributed by atoms with Crippen LogP contribution < -0.4 is 5.73 Å². The number of aromatic nitrogens is 5. The third-order valence-corrected chi connectivity index (χ3v) is 4.02. The summed E-state index contributed by atoms with van der Waals surface area (Å²) in [6.07, 6.45) is 1.67. The molecular formula is C17H15FN6. The fourth-order valence-corrected chi connectivity index (χ4v) is 2.74. The highest BCUT2D eigenvalue weighted by atomic mass is 19.1. The molecule has 1 aromatic carbocycles. The largest absolute Gasteiger partial charge is 0.382 e. The van der Waals surface area contributed by atoms with E-state index in [-0.39, 0.29) is 5.82 Å². The van der Waals surface area contributed by atoms with Crippen LogP contribution in [0.25, 0.3) is 28.3 Å². The molecule has 7 heteroatoms. The number of halogens is 1. The number of imidazole rings is 2. The molecule has 3 aromatic heterocycles. The standard InChI is InChI=1S/C17H15FN6/c1-10-20-16(11-3-5-12(18)6-4-11)17(23(10)2)13-7-8-15-21-14(19)9-24(15)22-13/h3-9H,19H2,1-2H3. The van der Waals surface area contributed by atoms with Gasteiger partial charge in [0.05, 0.1) is 17.6 Å². The topological polar surface area (TPSA) is 74.0 Å². The maximum Gasteiger partial charge on any atom is 0.156 e. The monoisotopic (exact) mass is 322 g/mol. The number of nitrogens with two attached hydrogens (primary N) is 1. The molecule has 120 valence electrons. The molecule has 2 N–H and O–H groups in total. The minimum Gasteiger partial charge on any atom is -0.382 e. The van der Waals surface area contributed by atoms with Crippen molar-refractivity contribution in [2.45, 2.75) is 6.92 Å². The van der Waals surface area contributed by atoms with E-state index < -0.39 is 0 Å². The van der Waals surface area contributed by atoms with Crippen molar-refractivity contribution in [3.63, 3.8) is 0 Å². The zero-order chi connectivity index (χ0) is 16.8. The van der Waals surface area contributed by atoms with E-state index >= 15 is 0 Å². The number of hydrogen-bond donors (Lipinski definition) is 1. The Labute approximate surface area is 137 Å². The molecule has 6 nitrogen and oxygen atoms in total. The maximum absolute atomic E-state index is 13.2. The first-order chi connectivity index (χ1) is 11.5. The summed E-state index contributed by atoms with van der Waals surface area (Å²) < 4.78 is 16.8. The number of rotatable bonds is 2. The minimum atomic E-state index is -0.276. The summed E-state index contributed by atoms with van der Waals surface area (Å²) >= 11 is 0. The van der Waals surface area contributed by atoms with Gasteiger partial charge in [0.1, 0.15) is 23.2 Å². The highest BCUT2D eigenvalue weighted by molar-refractivity contribution is 5.77. The molecular weight excluding hydrogens is 307 g/mol. The summed E-state index contributed by atoms with van der Waals surface area (Å²) in [7, 11) is 1.93. The summed E-state index contributed by atoms with van der Waals surface area (Å²) in [5.74, 6) is 0.984. The van der Waals surface area contributed by atoms with E-state index in [4.69, 9.17) is 5.73 Å². The van der Waals surface area contributed by atoms with Crippen LogP contribution in [0.4, 0.5) is 10.2 Å². The van der Waals surface area contributed by atoms with Crippen molar-refractivity contribution in [1.82, 2.24) is 24.1 Å². The van der Waals surface area contributed by atoms with E-state index in [1.807, 2.05) is 30.7 Å². The van der Waals surface area contributed by atoms with Gasteiger partial charge in [-0.15, -0.1) is 0 Å². The van der Waals surface area contributed by atoms with Crippen LogP contribution in [0.2, 0.25) is 0 Å². The van der Waals surface area contributed by atoms with Gasteiger partial charge in [-0.2, -0.15) is 5.10 Å². The van der Waals surface area contributed by atoms with Crippen LogP contribution in [0, 0.1) is 12.7 Å². The Bertz CT molecular complexity index is 1050. The number of aryl methyl sites for hydroxylation is 1. The zero-order valence-corrected chi connectivity index (χ0v) is 13.2. The van der Waals surface area contributed by atoms with Gasteiger partial charge in [0.15, 0.2) is 5.65 Å². The van der Waals surface area contributed by atoms with E-state index in [2.05, 4.69) is 15.1 Å². The van der Waals surface area contributed by atoms with Gasteiger partial charge in [-0.3, -0.25) is 0 Å². The normalized spacial score (nSPS) is 11.3. The molecule has 0 aliphatic carbocycles. The van der Waals surface area contributed by atoms with Crippen LogP contribution in [0.15, 0.2) is 42.6 Å². The molecule has 3 heterocycles. The number of benzene rings is 1. The van der Waals surface area contributed by atoms with Crippen molar-refractivity contribution in [2.24, 2.45) is 7.05 Å². The van der Waals surface area contributed by atoms with Crippen molar-refractivity contribution < 1.29 is 4.39 Å². The minimum absolute atomic E-state index is 0.276. The van der Waals surface area contributed by atoms with E-state index in [0.29, 0.717) is 11.5 Å². The maximum atomic E-state index is 13.2. The Morgan fingerprint density at radius 1 is 1.04 bits per heavy atom. The summed E-state index contributed by atoms with van der Waals surface area (Å²) in [6.45, 7) is 1.92. The molecule has 4 aromatic rings. The Morgan fingerprint density at radius 2 is 1.79 bits per heavy atom. The Balaban J connectivity index is 1.94. The molecule has 0 atom stereocenters. The Kier molecular flexibility index (Phi) is 3.09. The third kappa shape index (κ3) is 2.21. The smallest absolute Gasteiger partial charge is 0.156 e. The van der Waals surface area contributed by atoms with Gasteiger partial charge in [0.2, 0.25) is 0 Å². The van der Waals surface area contributed by atoms with Gasteiger partial charge in [-0.1, -0.05) is 0 Å². The van der Waals surface area contributed by atoms with Crippen molar-refractivity contribution in [3.05, 3.63) is 54.2 Å². The molecule has 0 fully saturated rings. The molecule has 24 heavy (non-hydrogen) atoms. The lowest BCUT2D eigenvalue weighted by molar-refractivity contribution is 0.628. The van der Waals surface area contributed by atoms with Crippen LogP contribution in [0.1, 0.15) is 5.82 Å². The van der Waals surface area contributed by atoms with Crippen LogP contribution in [-0.2, 0) is 7.05 Å². The zero-order valence-electron chi connectivity index (χ0n) is 13.2. The van der Waals surface area contributed by atoms with Crippen LogP contribution >= 0.6 is 0 Å². The second kappa shape index (κ2) is 5.16. The van der Waals surface area contributed by atoms with Crippen LogP contribution in [-0.4, -0.2) is 24.1 Å². The quantitative estimate of drug-likeness (QED) is 0.616. The predicted octanol–water partition coefficient (Wildman–Crippen LogP) is 2.83. The average Bonchev–Trinajstić information content (AvgIpc) is 3.07. The number of fused-ring (bicyclic) bond motifs is 1. The first kappa shape index (κ1) is 14.4. The molecule has 0 amide bonds. The first-order valence-electron chi connectivity index (χ1n) is 7.44. The van der Waals surface area contributed by atoms with Gasteiger partial charge in [0, 0.05) is 12.6 Å². The summed E-state index contributed by atoms with van der Waals surface area (Å²) in [4.78, 5) is 8.80. The molecule has 0 spiro atoms. The molecule has 0 bridgehead atoms. The SMILES string of the molecule is Cc1nc(-c2ccc(F)cc2)c(-c2ccc3nc(N)cn3n2)n1C. The summed E-state index contributed by atoms with van der Waals surface area (Å²) in [6, 6.07) is 10.0. The van der Waals surface area contributed by atoms with Crippen LogP contribution in [0.3, 0.4) is 0 Å². The average molecular weight is 322 g/mol. The van der Waals surface area contributed by atoms with Gasteiger partial charge in [-0.05, 0) is 43.3 Å². The van der Waals surface area contributed by atoms with E-state index in [0.717, 1.165) is 28.5 Å². The predicted molar refractivity (Wildman–Crippen MR) is 89.7 cm³/mol. The van der Waals surface area contributed by atoms with E-state index in [1.165, 1.54) is 12.1 Å². The lowest BCUT2D eigenvalue weighted by Gasteiger charge is -2.07. The second-order valence-corrected chi connectivity index (χ2v) is 5.61. The number of anilines is 1. The van der Waals surface area contributed by atoms with Crippen molar-refractivity contribution in [2.75, 3.05) is 5.73 Å². The summed E-state index contributed by atoms with van der Waals surface area (Å²) in [5, 5.41) is 4.58. The number of nitrogens with zero attached hydrogens (tertiary/aromatic N) is 5. The highest BCUT2D eigenvalue weighted by Crippen LogP contribution is 2.31. The molecule has 0 aliphatic heterocycles. The van der Waals surface area contributed by atoms with E-state index in [9.17, 15) is 4.39 Å². The van der Waals surface area contributed by atoms with Gasteiger partial charge in [-0.25, -0.2) is 18.9 Å².